The van der Waals surface area contributed by atoms with Gasteiger partial charge in [0.15, 0.2) is 0 Å². The first kappa shape index (κ1) is 12.9. The van der Waals surface area contributed by atoms with E-state index in [1.807, 2.05) is 12.1 Å². The van der Waals surface area contributed by atoms with Gasteiger partial charge in [0, 0.05) is 24.3 Å². The Balaban J connectivity index is 2.07. The quantitative estimate of drug-likeness (QED) is 0.854. The topological polar surface area (TPSA) is 49.4 Å². The van der Waals surface area contributed by atoms with Crippen molar-refractivity contribution in [2.45, 2.75) is 19.3 Å². The molecule has 0 aliphatic carbocycles. The summed E-state index contributed by atoms with van der Waals surface area (Å²) in [6.45, 7) is 0.770. The van der Waals surface area contributed by atoms with Crippen LogP contribution in [0.1, 0.15) is 19.3 Å². The van der Waals surface area contributed by atoms with Crippen LogP contribution in [0.5, 0.6) is 0 Å². The van der Waals surface area contributed by atoms with Crippen LogP contribution in [0.2, 0.25) is 0 Å². The fourth-order valence-electron chi connectivity index (χ4n) is 2.00. The summed E-state index contributed by atoms with van der Waals surface area (Å²) in [6, 6.07) is 7.24. The highest BCUT2D eigenvalue weighted by Crippen LogP contribution is 2.22. The Labute approximate surface area is 111 Å². The van der Waals surface area contributed by atoms with Crippen LogP contribution in [0, 0.1) is 0 Å². The minimum absolute atomic E-state index is 0.0631. The van der Waals surface area contributed by atoms with Gasteiger partial charge in [-0.3, -0.25) is 9.59 Å². The summed E-state index contributed by atoms with van der Waals surface area (Å²) in [6.07, 6.45) is 2.63. The molecule has 0 atom stereocenters. The Morgan fingerprint density at radius 3 is 2.61 bits per heavy atom. The van der Waals surface area contributed by atoms with E-state index in [4.69, 9.17) is 11.6 Å². The summed E-state index contributed by atoms with van der Waals surface area (Å²) in [7, 11) is 0. The van der Waals surface area contributed by atoms with Gasteiger partial charge >= 0.3 is 0 Å². The number of alkyl halides is 1. The molecule has 2 rings (SSSR count). The van der Waals surface area contributed by atoms with E-state index in [9.17, 15) is 9.59 Å². The Bertz CT molecular complexity index is 445. The van der Waals surface area contributed by atoms with E-state index in [0.717, 1.165) is 25.1 Å². The van der Waals surface area contributed by atoms with E-state index in [1.54, 1.807) is 17.0 Å². The second-order valence-corrected chi connectivity index (χ2v) is 4.50. The molecule has 18 heavy (non-hydrogen) atoms. The maximum atomic E-state index is 11.7. The van der Waals surface area contributed by atoms with Crippen LogP contribution >= 0.6 is 11.6 Å². The molecule has 0 saturated carbocycles. The standard InChI is InChI=1S/C13H15ClN2O2/c14-9-12(17)15-10-4-6-11(7-5-10)16-8-2-1-3-13(16)18/h4-7H,1-3,8-9H2,(H,15,17). The number of nitrogens with zero attached hydrogens (tertiary/aromatic N) is 1. The fraction of sp³-hybridized carbons (Fsp3) is 0.385. The van der Waals surface area contributed by atoms with Gasteiger partial charge in [-0.15, -0.1) is 11.6 Å². The Hall–Kier alpha value is -1.55. The summed E-state index contributed by atoms with van der Waals surface area (Å²) < 4.78 is 0. The number of hydrogen-bond acceptors (Lipinski definition) is 2. The lowest BCUT2D eigenvalue weighted by Gasteiger charge is -2.26. The fourth-order valence-corrected chi connectivity index (χ4v) is 2.06. The van der Waals surface area contributed by atoms with E-state index in [1.165, 1.54) is 0 Å². The third kappa shape index (κ3) is 3.01. The van der Waals surface area contributed by atoms with Gasteiger partial charge in [0.1, 0.15) is 5.88 Å². The second kappa shape index (κ2) is 5.87. The molecule has 0 bridgehead atoms. The van der Waals surface area contributed by atoms with Gasteiger partial charge in [0.2, 0.25) is 11.8 Å². The molecule has 1 aliphatic heterocycles. The van der Waals surface area contributed by atoms with E-state index in [0.29, 0.717) is 12.1 Å². The van der Waals surface area contributed by atoms with Gasteiger partial charge in [-0.2, -0.15) is 0 Å². The van der Waals surface area contributed by atoms with Crippen molar-refractivity contribution in [2.24, 2.45) is 0 Å². The van der Waals surface area contributed by atoms with E-state index in [-0.39, 0.29) is 17.7 Å². The number of halogens is 1. The number of nitrogens with one attached hydrogen (secondary N) is 1. The van der Waals surface area contributed by atoms with Crippen LogP contribution in [-0.4, -0.2) is 24.2 Å². The van der Waals surface area contributed by atoms with E-state index >= 15 is 0 Å². The molecular formula is C13H15ClN2O2. The van der Waals surface area contributed by atoms with Crippen molar-refractivity contribution in [3.8, 4) is 0 Å². The molecule has 1 aromatic rings. The minimum atomic E-state index is -0.238. The Morgan fingerprint density at radius 1 is 1.28 bits per heavy atom. The lowest BCUT2D eigenvalue weighted by atomic mass is 10.1. The number of rotatable bonds is 3. The van der Waals surface area contributed by atoms with E-state index in [2.05, 4.69) is 5.32 Å². The molecule has 0 radical (unpaired) electrons. The number of carbonyl (C=O) groups is 2. The largest absolute Gasteiger partial charge is 0.325 e. The van der Waals surface area contributed by atoms with Gasteiger partial charge in [-0.25, -0.2) is 0 Å². The smallest absolute Gasteiger partial charge is 0.239 e. The molecule has 0 aromatic heterocycles. The summed E-state index contributed by atoms with van der Waals surface area (Å²) in [5, 5.41) is 2.66. The van der Waals surface area contributed by atoms with Crippen molar-refractivity contribution >= 4 is 34.8 Å². The van der Waals surface area contributed by atoms with Crippen molar-refractivity contribution in [1.82, 2.24) is 0 Å². The Kier molecular flexibility index (Phi) is 4.20. The molecular weight excluding hydrogens is 252 g/mol. The minimum Gasteiger partial charge on any atom is -0.325 e. The van der Waals surface area contributed by atoms with Crippen molar-refractivity contribution in [3.05, 3.63) is 24.3 Å². The number of carbonyl (C=O) groups excluding carboxylic acids is 2. The predicted octanol–water partition coefficient (Wildman–Crippen LogP) is 2.38. The van der Waals surface area contributed by atoms with Crippen LogP contribution in [0.15, 0.2) is 24.3 Å². The summed E-state index contributed by atoms with van der Waals surface area (Å²) in [5.41, 5.74) is 1.57. The molecule has 1 aromatic carbocycles. The number of piperidine rings is 1. The average molecular weight is 267 g/mol. The molecule has 0 unspecified atom stereocenters. The monoisotopic (exact) mass is 266 g/mol. The van der Waals surface area contributed by atoms with Gasteiger partial charge in [-0.1, -0.05) is 0 Å². The summed E-state index contributed by atoms with van der Waals surface area (Å²) >= 11 is 5.41. The lowest BCUT2D eigenvalue weighted by molar-refractivity contribution is -0.119. The number of amides is 2. The zero-order valence-electron chi connectivity index (χ0n) is 9.99. The molecule has 1 saturated heterocycles. The maximum absolute atomic E-state index is 11.7. The van der Waals surface area contributed by atoms with Crippen molar-refractivity contribution in [3.63, 3.8) is 0 Å². The summed E-state index contributed by atoms with van der Waals surface area (Å²) in [5.74, 6) is -0.135. The molecule has 1 aliphatic rings. The first-order valence-electron chi connectivity index (χ1n) is 5.97. The van der Waals surface area contributed by atoms with Crippen molar-refractivity contribution < 1.29 is 9.59 Å². The highest BCUT2D eigenvalue weighted by molar-refractivity contribution is 6.29. The molecule has 1 heterocycles. The zero-order chi connectivity index (χ0) is 13.0. The highest BCUT2D eigenvalue weighted by atomic mass is 35.5. The average Bonchev–Trinajstić information content (AvgIpc) is 2.40. The third-order valence-electron chi connectivity index (χ3n) is 2.91. The van der Waals surface area contributed by atoms with Crippen LogP contribution in [0.4, 0.5) is 11.4 Å². The molecule has 1 fully saturated rings. The van der Waals surface area contributed by atoms with Gasteiger partial charge in [-0.05, 0) is 37.1 Å². The van der Waals surface area contributed by atoms with E-state index < -0.39 is 0 Å². The molecule has 0 spiro atoms. The first-order chi connectivity index (χ1) is 8.70. The SMILES string of the molecule is O=C(CCl)Nc1ccc(N2CCCCC2=O)cc1. The van der Waals surface area contributed by atoms with Crippen molar-refractivity contribution in [1.29, 1.82) is 0 Å². The maximum Gasteiger partial charge on any atom is 0.239 e. The van der Waals surface area contributed by atoms with Crippen LogP contribution in [-0.2, 0) is 9.59 Å². The first-order valence-corrected chi connectivity index (χ1v) is 6.50. The number of anilines is 2. The molecule has 4 nitrogen and oxygen atoms in total. The molecule has 5 heteroatoms. The zero-order valence-corrected chi connectivity index (χ0v) is 10.7. The van der Waals surface area contributed by atoms with Crippen molar-refractivity contribution in [2.75, 3.05) is 22.6 Å². The van der Waals surface area contributed by atoms with Gasteiger partial charge in [0.05, 0.1) is 0 Å². The molecule has 2 amide bonds. The molecule has 1 N–H and O–H groups in total. The predicted molar refractivity (Wildman–Crippen MR) is 72.0 cm³/mol. The Morgan fingerprint density at radius 2 is 2.00 bits per heavy atom. The summed E-state index contributed by atoms with van der Waals surface area (Å²) in [4.78, 5) is 24.6. The van der Waals surface area contributed by atoms with Crippen LogP contribution < -0.4 is 10.2 Å². The number of hydrogen-bond donors (Lipinski definition) is 1. The lowest BCUT2D eigenvalue weighted by Crippen LogP contribution is -2.35. The molecule has 96 valence electrons. The van der Waals surface area contributed by atoms with Gasteiger partial charge in [0.25, 0.3) is 0 Å². The van der Waals surface area contributed by atoms with Gasteiger partial charge < -0.3 is 10.2 Å². The number of benzene rings is 1. The highest BCUT2D eigenvalue weighted by Gasteiger charge is 2.19. The third-order valence-corrected chi connectivity index (χ3v) is 3.15. The van der Waals surface area contributed by atoms with Crippen LogP contribution in [0.25, 0.3) is 0 Å². The second-order valence-electron chi connectivity index (χ2n) is 4.23. The normalized spacial score (nSPS) is 15.6. The van der Waals surface area contributed by atoms with Crippen LogP contribution in [0.3, 0.4) is 0 Å².